The number of nitrogens with zero attached hydrogens (tertiary/aromatic N) is 3. The van der Waals surface area contributed by atoms with Crippen LogP contribution in [0.5, 0.6) is 5.75 Å². The number of nitrogens with one attached hydrogen (secondary N) is 4. The van der Waals surface area contributed by atoms with Crippen LogP contribution in [0.25, 0.3) is 0 Å². The van der Waals surface area contributed by atoms with Gasteiger partial charge in [0.05, 0.1) is 12.3 Å². The number of allylic oxidation sites excluding steroid dienone is 1. The Morgan fingerprint density at radius 3 is 2.40 bits per heavy atom. The van der Waals surface area contributed by atoms with Gasteiger partial charge in [-0.1, -0.05) is 0 Å². The molecule has 10 N–H and O–H groups in total. The molecule has 256 valence electrons. The number of hydrogen-bond donors (Lipinski definition) is 8. The Bertz CT molecular complexity index is 1610. The molecule has 0 bridgehead atoms. The van der Waals surface area contributed by atoms with Crippen LogP contribution in [0.4, 0.5) is 9.93 Å². The number of hydrogen-bond acceptors (Lipinski definition) is 13. The highest BCUT2D eigenvalue weighted by Crippen LogP contribution is 2.20. The van der Waals surface area contributed by atoms with Crippen LogP contribution >= 0.6 is 23.1 Å². The summed E-state index contributed by atoms with van der Waals surface area (Å²) in [5.74, 6) is -1.87. The lowest BCUT2D eigenvalue weighted by atomic mass is 10.1. The van der Waals surface area contributed by atoms with Crippen LogP contribution < -0.4 is 20.9 Å². The number of rotatable bonds is 12. The molecule has 1 aromatic carbocycles. The lowest BCUT2D eigenvalue weighted by Gasteiger charge is -2.33. The Labute approximate surface area is 278 Å². The maximum absolute atomic E-state index is 12.2. The van der Waals surface area contributed by atoms with Crippen molar-refractivity contribution in [2.75, 3.05) is 43.9 Å². The highest BCUT2D eigenvalue weighted by molar-refractivity contribution is 7.98. The molecule has 1 aromatic heterocycles. The van der Waals surface area contributed by atoms with Crippen molar-refractivity contribution < 1.29 is 42.5 Å². The number of anilines is 1. The van der Waals surface area contributed by atoms with E-state index in [0.29, 0.717) is 42.8 Å². The van der Waals surface area contributed by atoms with E-state index < -0.39 is 39.4 Å². The SMILES string of the molecule is CCOC(=O)N1CCN(C(=O)/C=C/C(=O)c2ccc(O)c(C(=O)O)c2)CC1.N=C(N)Nc1nc(CSCCC(=N)NS(N)(=O)=O)cs1. The number of piperazine rings is 1. The number of ether oxygens (including phenoxy) is 1. The van der Waals surface area contributed by atoms with Crippen molar-refractivity contribution in [1.82, 2.24) is 19.5 Å². The van der Waals surface area contributed by atoms with Gasteiger partial charge in [-0.25, -0.2) is 19.7 Å². The van der Waals surface area contributed by atoms with Crippen molar-refractivity contribution in [2.45, 2.75) is 19.1 Å². The number of ketones is 1. The van der Waals surface area contributed by atoms with Crippen LogP contribution in [0.3, 0.4) is 0 Å². The van der Waals surface area contributed by atoms with E-state index in [-0.39, 0.29) is 36.3 Å². The van der Waals surface area contributed by atoms with E-state index in [1.54, 1.807) is 6.92 Å². The molecule has 1 aliphatic rings. The van der Waals surface area contributed by atoms with Gasteiger partial charge in [-0.15, -0.1) is 11.3 Å². The predicted octanol–water partition coefficient (Wildman–Crippen LogP) is 0.972. The molecule has 18 nitrogen and oxygen atoms in total. The van der Waals surface area contributed by atoms with Gasteiger partial charge in [0.25, 0.3) is 10.2 Å². The molecule has 0 saturated carbocycles. The molecular formula is C26H35N9O9S3. The highest BCUT2D eigenvalue weighted by atomic mass is 32.2. The smallest absolute Gasteiger partial charge is 0.409 e. The maximum atomic E-state index is 12.2. The van der Waals surface area contributed by atoms with E-state index in [4.69, 9.17) is 31.5 Å². The lowest BCUT2D eigenvalue weighted by Crippen LogP contribution is -2.50. The number of amides is 2. The molecule has 0 radical (unpaired) electrons. The molecule has 2 aromatic rings. The van der Waals surface area contributed by atoms with Gasteiger partial charge in [0.1, 0.15) is 17.1 Å². The second-order valence-corrected chi connectivity index (χ2v) is 12.6. The van der Waals surface area contributed by atoms with Gasteiger partial charge in [0, 0.05) is 61.1 Å². The first kappa shape index (κ1) is 38.5. The summed E-state index contributed by atoms with van der Waals surface area (Å²) in [6.07, 6.45) is 2.01. The summed E-state index contributed by atoms with van der Waals surface area (Å²) in [4.78, 5) is 54.2. The van der Waals surface area contributed by atoms with Crippen LogP contribution in [0, 0.1) is 10.8 Å². The molecule has 0 spiro atoms. The Hall–Kier alpha value is -4.73. The summed E-state index contributed by atoms with van der Waals surface area (Å²) in [6, 6.07) is 3.44. The molecule has 47 heavy (non-hydrogen) atoms. The molecular weight excluding hydrogens is 679 g/mol. The summed E-state index contributed by atoms with van der Waals surface area (Å²) < 4.78 is 28.1. The Balaban J connectivity index is 0.000000343. The number of aromatic hydroxyl groups is 1. The van der Waals surface area contributed by atoms with E-state index in [0.717, 1.165) is 30.0 Å². The molecule has 1 aliphatic heterocycles. The zero-order valence-electron chi connectivity index (χ0n) is 25.1. The zero-order valence-corrected chi connectivity index (χ0v) is 27.5. The lowest BCUT2D eigenvalue weighted by molar-refractivity contribution is -0.127. The average Bonchev–Trinajstić information content (AvgIpc) is 3.44. The van der Waals surface area contributed by atoms with Gasteiger partial charge in [0.2, 0.25) is 5.91 Å². The van der Waals surface area contributed by atoms with Crippen molar-refractivity contribution in [2.24, 2.45) is 10.9 Å². The van der Waals surface area contributed by atoms with Gasteiger partial charge in [0.15, 0.2) is 16.9 Å². The molecule has 2 heterocycles. The fourth-order valence-electron chi connectivity index (χ4n) is 3.65. The number of nitrogens with two attached hydrogens (primary N) is 2. The molecule has 0 aliphatic carbocycles. The number of carboxylic acids is 1. The predicted molar refractivity (Wildman–Crippen MR) is 176 cm³/mol. The Morgan fingerprint density at radius 1 is 1.15 bits per heavy atom. The first-order valence-corrected chi connectivity index (χ1v) is 17.2. The molecule has 1 fully saturated rings. The topological polar surface area (TPSA) is 295 Å². The van der Waals surface area contributed by atoms with Gasteiger partial charge in [-0.2, -0.15) is 20.2 Å². The number of carbonyl (C=O) groups is 4. The van der Waals surface area contributed by atoms with E-state index in [2.05, 4.69) is 10.3 Å². The highest BCUT2D eigenvalue weighted by Gasteiger charge is 2.24. The van der Waals surface area contributed by atoms with Crippen LogP contribution in [0.2, 0.25) is 0 Å². The van der Waals surface area contributed by atoms with Crippen LogP contribution in [-0.2, 0) is 25.5 Å². The van der Waals surface area contributed by atoms with E-state index in [1.165, 1.54) is 39.0 Å². The molecule has 1 saturated heterocycles. The number of aromatic carboxylic acids is 1. The van der Waals surface area contributed by atoms with Crippen molar-refractivity contribution in [3.05, 3.63) is 52.6 Å². The first-order valence-electron chi connectivity index (χ1n) is 13.6. The van der Waals surface area contributed by atoms with Gasteiger partial charge in [-0.05, 0) is 31.2 Å². The number of benzene rings is 1. The number of guanidine groups is 1. The van der Waals surface area contributed by atoms with Crippen molar-refractivity contribution in [3.63, 3.8) is 0 Å². The minimum Gasteiger partial charge on any atom is -0.507 e. The third-order valence-corrected chi connectivity index (χ3v) is 8.14. The van der Waals surface area contributed by atoms with Crippen molar-refractivity contribution >= 4 is 74.0 Å². The summed E-state index contributed by atoms with van der Waals surface area (Å²) in [5, 5.41) is 42.6. The second-order valence-electron chi connectivity index (χ2n) is 9.36. The number of carboxylic acid groups (broad SMARTS) is 1. The molecule has 21 heteroatoms. The summed E-state index contributed by atoms with van der Waals surface area (Å²) in [5.41, 5.74) is 5.66. The average molecular weight is 714 g/mol. The Morgan fingerprint density at radius 2 is 1.81 bits per heavy atom. The number of amidine groups is 1. The van der Waals surface area contributed by atoms with E-state index in [1.807, 2.05) is 10.1 Å². The second kappa shape index (κ2) is 18.4. The molecule has 0 unspecified atom stereocenters. The fourth-order valence-corrected chi connectivity index (χ4v) is 5.78. The summed E-state index contributed by atoms with van der Waals surface area (Å²) in [7, 11) is -3.86. The molecule has 0 atom stereocenters. The number of phenols is 1. The number of carbonyl (C=O) groups excluding carboxylic acids is 3. The number of thioether (sulfide) groups is 1. The molecule has 3 rings (SSSR count). The van der Waals surface area contributed by atoms with Crippen LogP contribution in [0.1, 0.15) is 39.8 Å². The maximum Gasteiger partial charge on any atom is 0.409 e. The van der Waals surface area contributed by atoms with Gasteiger partial charge in [-0.3, -0.25) is 25.1 Å². The quantitative estimate of drug-likeness (QED) is 0.0501. The van der Waals surface area contributed by atoms with Gasteiger partial charge >= 0.3 is 12.1 Å². The third-order valence-electron chi connectivity index (χ3n) is 5.81. The Kier molecular flexibility index (Phi) is 15.1. The number of thiazole rings is 1. The molecule has 2 amide bonds. The minimum absolute atomic E-state index is 0.0429. The standard InChI is InChI=1S/C18H20N2O7.C8H15N7O2S3/c1-2-27-18(26)20-9-7-19(8-10-20)16(23)6-5-14(21)12-3-4-15(22)13(11-12)17(24)25;9-6(15-20(12,16)17)1-2-18-3-5-4-19-8(13-5)14-7(10)11/h3-6,11,22H,2,7-10H2,1H3,(H,24,25);4H,1-3H2,(H2,9,15)(H2,12,16,17)(H4,10,11,13,14)/b6-5+;. The summed E-state index contributed by atoms with van der Waals surface area (Å²) in [6.45, 7) is 3.31. The van der Waals surface area contributed by atoms with E-state index in [9.17, 15) is 32.7 Å². The van der Waals surface area contributed by atoms with Crippen LogP contribution in [0.15, 0.2) is 35.7 Å². The van der Waals surface area contributed by atoms with Gasteiger partial charge < -0.3 is 35.8 Å². The van der Waals surface area contributed by atoms with Crippen LogP contribution in [-0.4, -0.2) is 108 Å². The zero-order chi connectivity index (χ0) is 35.1. The normalized spacial score (nSPS) is 12.9. The fraction of sp³-hybridized carbons (Fsp3) is 0.346. The summed E-state index contributed by atoms with van der Waals surface area (Å²) >= 11 is 2.85. The van der Waals surface area contributed by atoms with Crippen molar-refractivity contribution in [1.29, 1.82) is 10.8 Å². The third kappa shape index (κ3) is 14.1. The monoisotopic (exact) mass is 713 g/mol. The number of aromatic nitrogens is 1. The van der Waals surface area contributed by atoms with E-state index >= 15 is 0 Å². The van der Waals surface area contributed by atoms with Crippen molar-refractivity contribution in [3.8, 4) is 5.75 Å². The minimum atomic E-state index is -3.86. The largest absolute Gasteiger partial charge is 0.507 e. The first-order chi connectivity index (χ1) is 22.1.